The lowest BCUT2D eigenvalue weighted by Crippen LogP contribution is -2.53. The van der Waals surface area contributed by atoms with Crippen LogP contribution in [0.4, 0.5) is 0 Å². The second-order valence-corrected chi connectivity index (χ2v) is 10.9. The molecule has 0 aliphatic carbocycles. The maximum Gasteiger partial charge on any atom is 0.259 e. The summed E-state index contributed by atoms with van der Waals surface area (Å²) in [6.45, 7) is 7.29. The molecule has 5 rings (SSSR count). The van der Waals surface area contributed by atoms with E-state index in [1.54, 1.807) is 12.4 Å². The first-order chi connectivity index (χ1) is 15.7. The molecule has 33 heavy (non-hydrogen) atoms. The Bertz CT molecular complexity index is 1430. The highest BCUT2D eigenvalue weighted by Gasteiger charge is 2.37. The van der Waals surface area contributed by atoms with Crippen molar-refractivity contribution in [1.82, 2.24) is 38.6 Å². The molecule has 10 nitrogen and oxygen atoms in total. The first-order valence-electron chi connectivity index (χ1n) is 10.9. The van der Waals surface area contributed by atoms with Crippen LogP contribution in [0.2, 0.25) is 0 Å². The summed E-state index contributed by atoms with van der Waals surface area (Å²) in [5.74, 6) is 1.40. The van der Waals surface area contributed by atoms with Gasteiger partial charge < -0.3 is 9.47 Å². The Kier molecular flexibility index (Phi) is 5.25. The van der Waals surface area contributed by atoms with E-state index in [1.165, 1.54) is 12.4 Å². The third kappa shape index (κ3) is 3.91. The van der Waals surface area contributed by atoms with Crippen LogP contribution < -0.4 is 0 Å². The van der Waals surface area contributed by atoms with Crippen molar-refractivity contribution in [3.05, 3.63) is 54.1 Å². The van der Waals surface area contributed by atoms with E-state index in [9.17, 15) is 8.42 Å². The summed E-state index contributed by atoms with van der Waals surface area (Å²) in [6.07, 6.45) is 6.97. The van der Waals surface area contributed by atoms with Crippen LogP contribution in [0.5, 0.6) is 0 Å². The molecule has 0 saturated carbocycles. The molecular formula is C22H26N8O2S. The quantitative estimate of drug-likeness (QED) is 0.424. The maximum absolute atomic E-state index is 12.7. The monoisotopic (exact) mass is 466 g/mol. The number of aryl methyl sites for hydroxylation is 1. The van der Waals surface area contributed by atoms with Gasteiger partial charge in [0.2, 0.25) is 0 Å². The second-order valence-electron chi connectivity index (χ2n) is 8.83. The fourth-order valence-corrected chi connectivity index (χ4v) is 5.90. The first kappa shape index (κ1) is 21.7. The van der Waals surface area contributed by atoms with Gasteiger partial charge in [-0.05, 0) is 40.0 Å². The van der Waals surface area contributed by atoms with E-state index in [0.717, 1.165) is 32.3 Å². The number of nitrogens with zero attached hydrogens (tertiary/aromatic N) is 8. The topological polar surface area (TPSA) is 112 Å². The molecule has 11 heteroatoms. The second kappa shape index (κ2) is 7.99. The van der Waals surface area contributed by atoms with Gasteiger partial charge in [-0.25, -0.2) is 23.4 Å². The van der Waals surface area contributed by atoms with Gasteiger partial charge in [0.15, 0.2) is 5.82 Å². The van der Waals surface area contributed by atoms with Gasteiger partial charge in [0.25, 0.3) is 10.0 Å². The van der Waals surface area contributed by atoms with Crippen LogP contribution in [-0.4, -0.2) is 72.4 Å². The molecule has 172 valence electrons. The first-order valence-corrected chi connectivity index (χ1v) is 12.4. The van der Waals surface area contributed by atoms with E-state index in [-0.39, 0.29) is 0 Å². The van der Waals surface area contributed by atoms with Crippen molar-refractivity contribution >= 4 is 21.1 Å². The lowest BCUT2D eigenvalue weighted by molar-refractivity contribution is 0.230. The standard InChI is InChI=1S/C22H26N8O2S/c1-14(2)30-15(3)26-20-10-24-18(8-21(20)30)7-17-5-6-23-22(27-17)16-9-25-29(11-16)33(31,32)19-12-28(4)13-19/h5-6,8-11,14,19H,7,12-13H2,1-4H3. The number of hydrogen-bond donors (Lipinski definition) is 0. The van der Waals surface area contributed by atoms with E-state index in [0.29, 0.717) is 36.9 Å². The Morgan fingerprint density at radius 1 is 1.12 bits per heavy atom. The number of rotatable bonds is 6. The highest BCUT2D eigenvalue weighted by Crippen LogP contribution is 2.23. The predicted molar refractivity (Wildman–Crippen MR) is 124 cm³/mol. The van der Waals surface area contributed by atoms with Gasteiger partial charge in [-0.2, -0.15) is 9.19 Å². The molecule has 1 fully saturated rings. The Morgan fingerprint density at radius 3 is 2.64 bits per heavy atom. The minimum Gasteiger partial charge on any atom is -0.326 e. The highest BCUT2D eigenvalue weighted by atomic mass is 32.2. The predicted octanol–water partition coefficient (Wildman–Crippen LogP) is 2.06. The van der Waals surface area contributed by atoms with Crippen molar-refractivity contribution in [3.8, 4) is 11.4 Å². The third-order valence-electron chi connectivity index (χ3n) is 5.93. The Labute approximate surface area is 192 Å². The summed E-state index contributed by atoms with van der Waals surface area (Å²) in [5.41, 5.74) is 4.15. The van der Waals surface area contributed by atoms with Crippen LogP contribution in [0.1, 0.15) is 37.1 Å². The largest absolute Gasteiger partial charge is 0.326 e. The summed E-state index contributed by atoms with van der Waals surface area (Å²) >= 11 is 0. The Balaban J connectivity index is 1.40. The lowest BCUT2D eigenvalue weighted by Gasteiger charge is -2.34. The number of likely N-dealkylation sites (tertiary alicyclic amines) is 1. The molecule has 1 aliphatic rings. The molecule has 0 spiro atoms. The molecule has 0 unspecified atom stereocenters. The highest BCUT2D eigenvalue weighted by molar-refractivity contribution is 7.90. The van der Waals surface area contributed by atoms with E-state index in [2.05, 4.69) is 49.5 Å². The van der Waals surface area contributed by atoms with Gasteiger partial charge in [0, 0.05) is 37.4 Å². The Hall–Kier alpha value is -3.18. The summed E-state index contributed by atoms with van der Waals surface area (Å²) < 4.78 is 28.7. The van der Waals surface area contributed by atoms with Gasteiger partial charge in [-0.15, -0.1) is 0 Å². The van der Waals surface area contributed by atoms with E-state index < -0.39 is 15.3 Å². The third-order valence-corrected chi connectivity index (χ3v) is 7.79. The van der Waals surface area contributed by atoms with Gasteiger partial charge in [-0.3, -0.25) is 4.98 Å². The number of imidazole rings is 1. The molecule has 0 aromatic carbocycles. The fraction of sp³-hybridized carbons (Fsp3) is 0.409. The summed E-state index contributed by atoms with van der Waals surface area (Å²) in [5, 5.41) is 3.64. The average molecular weight is 467 g/mol. The number of pyridine rings is 1. The summed E-state index contributed by atoms with van der Waals surface area (Å²) in [6, 6.07) is 4.19. The van der Waals surface area contributed by atoms with Crippen molar-refractivity contribution in [2.75, 3.05) is 20.1 Å². The van der Waals surface area contributed by atoms with Gasteiger partial charge in [0.05, 0.1) is 35.4 Å². The van der Waals surface area contributed by atoms with Crippen molar-refractivity contribution < 1.29 is 8.42 Å². The zero-order valence-corrected chi connectivity index (χ0v) is 19.9. The maximum atomic E-state index is 12.7. The zero-order valence-electron chi connectivity index (χ0n) is 19.0. The van der Waals surface area contributed by atoms with Crippen LogP contribution >= 0.6 is 0 Å². The van der Waals surface area contributed by atoms with Crippen LogP contribution in [0.25, 0.3) is 22.4 Å². The van der Waals surface area contributed by atoms with Gasteiger partial charge in [-0.1, -0.05) is 0 Å². The van der Waals surface area contributed by atoms with Crippen LogP contribution in [0.15, 0.2) is 36.9 Å². The van der Waals surface area contributed by atoms with Crippen LogP contribution in [-0.2, 0) is 16.4 Å². The average Bonchev–Trinajstić information content (AvgIpc) is 3.36. The van der Waals surface area contributed by atoms with Gasteiger partial charge >= 0.3 is 0 Å². The van der Waals surface area contributed by atoms with E-state index >= 15 is 0 Å². The summed E-state index contributed by atoms with van der Waals surface area (Å²) in [7, 11) is -1.63. The minimum absolute atomic E-state index is 0.295. The molecule has 1 aliphatic heterocycles. The van der Waals surface area contributed by atoms with Crippen LogP contribution in [0, 0.1) is 6.92 Å². The molecule has 0 atom stereocenters. The number of fused-ring (bicyclic) bond motifs is 1. The number of aromatic nitrogens is 7. The van der Waals surface area contributed by atoms with Crippen molar-refractivity contribution in [1.29, 1.82) is 0 Å². The summed E-state index contributed by atoms with van der Waals surface area (Å²) in [4.78, 5) is 20.1. The van der Waals surface area contributed by atoms with Crippen molar-refractivity contribution in [2.45, 2.75) is 38.5 Å². The van der Waals surface area contributed by atoms with Gasteiger partial charge in [0.1, 0.15) is 16.6 Å². The molecule has 5 heterocycles. The van der Waals surface area contributed by atoms with E-state index in [1.807, 2.05) is 24.9 Å². The minimum atomic E-state index is -3.52. The lowest BCUT2D eigenvalue weighted by atomic mass is 10.2. The van der Waals surface area contributed by atoms with Crippen LogP contribution in [0.3, 0.4) is 0 Å². The fourth-order valence-electron chi connectivity index (χ4n) is 4.27. The number of hydrogen-bond acceptors (Lipinski definition) is 8. The molecule has 0 N–H and O–H groups in total. The molecule has 0 bridgehead atoms. The molecule has 0 amide bonds. The Morgan fingerprint density at radius 2 is 1.91 bits per heavy atom. The molecule has 4 aromatic rings. The molecule has 4 aromatic heterocycles. The van der Waals surface area contributed by atoms with E-state index in [4.69, 9.17) is 0 Å². The molecule has 0 radical (unpaired) electrons. The molecule has 1 saturated heterocycles. The normalized spacial score (nSPS) is 15.4. The molecular weight excluding hydrogens is 440 g/mol. The van der Waals surface area contributed by atoms with Crippen molar-refractivity contribution in [3.63, 3.8) is 0 Å². The zero-order chi connectivity index (χ0) is 23.3. The smallest absolute Gasteiger partial charge is 0.259 e. The SMILES string of the molecule is Cc1nc2cnc(Cc3ccnc(-c4cnn(S(=O)(=O)C5CN(C)C5)c4)n3)cc2n1C(C)C. The van der Waals surface area contributed by atoms with Crippen molar-refractivity contribution in [2.24, 2.45) is 0 Å².